The van der Waals surface area contributed by atoms with Gasteiger partial charge in [-0.15, -0.1) is 10.2 Å². The van der Waals surface area contributed by atoms with Crippen LogP contribution in [-0.4, -0.2) is 26.8 Å². The molecule has 0 atom stereocenters. The van der Waals surface area contributed by atoms with Crippen molar-refractivity contribution < 1.29 is 17.9 Å². The summed E-state index contributed by atoms with van der Waals surface area (Å²) >= 11 is 7.30. The Morgan fingerprint density at radius 3 is 2.85 bits per heavy atom. The van der Waals surface area contributed by atoms with Crippen molar-refractivity contribution in [2.45, 2.75) is 25.1 Å². The molecule has 2 heterocycles. The second-order valence-corrected chi connectivity index (χ2v) is 6.79. The minimum absolute atomic E-state index is 0.170. The van der Waals surface area contributed by atoms with Crippen molar-refractivity contribution in [3.8, 4) is 5.75 Å². The van der Waals surface area contributed by atoms with Crippen LogP contribution in [0.2, 0.25) is 5.02 Å². The summed E-state index contributed by atoms with van der Waals surface area (Å²) in [5, 5.41) is 12.0. The molecule has 0 aliphatic rings. The summed E-state index contributed by atoms with van der Waals surface area (Å²) in [5.41, 5.74) is 0. The first-order valence-electron chi connectivity index (χ1n) is 7.95. The van der Waals surface area contributed by atoms with Gasteiger partial charge in [-0.3, -0.25) is 0 Å². The molecule has 0 unspecified atom stereocenters. The van der Waals surface area contributed by atoms with Crippen molar-refractivity contribution in [1.82, 2.24) is 14.9 Å². The predicted octanol–water partition coefficient (Wildman–Crippen LogP) is 5.04. The fraction of sp³-hybridized carbons (Fsp3) is 0.235. The predicted molar refractivity (Wildman–Crippen MR) is 98.9 cm³/mol. The summed E-state index contributed by atoms with van der Waals surface area (Å²) in [7, 11) is 0. The Balaban J connectivity index is 1.70. The standard InChI is InChI=1S/C17H15ClF2N4O2S/c1-2-27-17-23-22-16(15(19)20)24(17)21-9-11-7-8-12(26-11)10-25-14-6-4-3-5-13(14)18/h3-9,15H,2,10H2,1H3/b21-9-. The van der Waals surface area contributed by atoms with E-state index in [2.05, 4.69) is 15.3 Å². The van der Waals surface area contributed by atoms with Crippen molar-refractivity contribution in [3.05, 3.63) is 58.8 Å². The molecular formula is C17H15ClF2N4O2S. The molecule has 0 radical (unpaired) electrons. The molecule has 0 bridgehead atoms. The number of aromatic nitrogens is 3. The van der Waals surface area contributed by atoms with Crippen LogP contribution < -0.4 is 4.74 Å². The van der Waals surface area contributed by atoms with E-state index in [1.54, 1.807) is 30.3 Å². The Morgan fingerprint density at radius 2 is 2.11 bits per heavy atom. The van der Waals surface area contributed by atoms with Crippen LogP contribution in [0.5, 0.6) is 5.75 Å². The van der Waals surface area contributed by atoms with Crippen LogP contribution in [0.25, 0.3) is 0 Å². The average molecular weight is 413 g/mol. The van der Waals surface area contributed by atoms with Crippen molar-refractivity contribution in [1.29, 1.82) is 0 Å². The lowest BCUT2D eigenvalue weighted by Gasteiger charge is -2.05. The third-order valence-electron chi connectivity index (χ3n) is 3.29. The maximum atomic E-state index is 13.0. The van der Waals surface area contributed by atoms with Gasteiger partial charge in [0.1, 0.15) is 23.9 Å². The van der Waals surface area contributed by atoms with E-state index in [-0.39, 0.29) is 11.8 Å². The molecule has 0 spiro atoms. The molecule has 142 valence electrons. The molecule has 0 amide bonds. The molecule has 3 aromatic rings. The summed E-state index contributed by atoms with van der Waals surface area (Å²) in [6.07, 6.45) is -1.45. The number of halogens is 3. The molecule has 0 fully saturated rings. The molecular weight excluding hydrogens is 398 g/mol. The minimum Gasteiger partial charge on any atom is -0.484 e. The summed E-state index contributed by atoms with van der Waals surface area (Å²) in [6.45, 7) is 2.05. The number of thioether (sulfide) groups is 1. The third kappa shape index (κ3) is 4.86. The van der Waals surface area contributed by atoms with Gasteiger partial charge in [0.25, 0.3) is 6.43 Å². The quantitative estimate of drug-likeness (QED) is 0.383. The molecule has 0 aliphatic carbocycles. The van der Waals surface area contributed by atoms with Crippen LogP contribution in [0.4, 0.5) is 8.78 Å². The molecule has 27 heavy (non-hydrogen) atoms. The highest BCUT2D eigenvalue weighted by atomic mass is 35.5. The van der Waals surface area contributed by atoms with Crippen molar-refractivity contribution in [2.75, 3.05) is 5.75 Å². The maximum Gasteiger partial charge on any atom is 0.299 e. The summed E-state index contributed by atoms with van der Waals surface area (Å²) in [5.74, 6) is 1.60. The molecule has 3 rings (SSSR count). The first kappa shape index (κ1) is 19.4. The number of rotatable bonds is 8. The average Bonchev–Trinajstić information content (AvgIpc) is 3.26. The van der Waals surface area contributed by atoms with E-state index in [1.165, 1.54) is 18.0 Å². The Hall–Kier alpha value is -2.39. The van der Waals surface area contributed by atoms with Crippen molar-refractivity contribution >= 4 is 29.6 Å². The van der Waals surface area contributed by atoms with Gasteiger partial charge in [0.05, 0.1) is 11.2 Å². The van der Waals surface area contributed by atoms with Crippen molar-refractivity contribution in [2.24, 2.45) is 5.10 Å². The van der Waals surface area contributed by atoms with E-state index in [0.29, 0.717) is 28.0 Å². The molecule has 2 aromatic heterocycles. The Kier molecular flexibility index (Phi) is 6.46. The zero-order chi connectivity index (χ0) is 19.2. The van der Waals surface area contributed by atoms with Gasteiger partial charge in [0.15, 0.2) is 0 Å². The van der Waals surface area contributed by atoms with E-state index in [4.69, 9.17) is 20.8 Å². The van der Waals surface area contributed by atoms with E-state index in [1.807, 2.05) is 13.0 Å². The van der Waals surface area contributed by atoms with Gasteiger partial charge in [-0.05, 0) is 30.0 Å². The monoisotopic (exact) mass is 412 g/mol. The number of furan rings is 1. The topological polar surface area (TPSA) is 65.4 Å². The van der Waals surface area contributed by atoms with Gasteiger partial charge in [-0.25, -0.2) is 8.78 Å². The molecule has 1 aromatic carbocycles. The molecule has 6 nitrogen and oxygen atoms in total. The minimum atomic E-state index is -2.78. The zero-order valence-electron chi connectivity index (χ0n) is 14.2. The van der Waals surface area contributed by atoms with Gasteiger partial charge in [0.2, 0.25) is 11.0 Å². The van der Waals surface area contributed by atoms with Gasteiger partial charge < -0.3 is 9.15 Å². The smallest absolute Gasteiger partial charge is 0.299 e. The molecule has 0 saturated heterocycles. The zero-order valence-corrected chi connectivity index (χ0v) is 15.8. The fourth-order valence-corrected chi connectivity index (χ4v) is 2.92. The first-order valence-corrected chi connectivity index (χ1v) is 9.31. The van der Waals surface area contributed by atoms with E-state index in [0.717, 1.165) is 4.68 Å². The Bertz CT molecular complexity index is 929. The highest BCUT2D eigenvalue weighted by molar-refractivity contribution is 7.99. The van der Waals surface area contributed by atoms with Crippen LogP contribution in [0.15, 0.2) is 51.1 Å². The lowest BCUT2D eigenvalue weighted by molar-refractivity contribution is 0.135. The van der Waals surface area contributed by atoms with Gasteiger partial charge in [-0.2, -0.15) is 9.78 Å². The van der Waals surface area contributed by atoms with Crippen LogP contribution >= 0.6 is 23.4 Å². The van der Waals surface area contributed by atoms with Crippen molar-refractivity contribution in [3.63, 3.8) is 0 Å². The number of para-hydroxylation sites is 1. The van der Waals surface area contributed by atoms with E-state index in [9.17, 15) is 8.78 Å². The number of alkyl halides is 2. The van der Waals surface area contributed by atoms with E-state index < -0.39 is 12.2 Å². The molecule has 10 heteroatoms. The van der Waals surface area contributed by atoms with Crippen LogP contribution in [0, 0.1) is 0 Å². The largest absolute Gasteiger partial charge is 0.484 e. The third-order valence-corrected chi connectivity index (χ3v) is 4.41. The van der Waals surface area contributed by atoms with Crippen LogP contribution in [-0.2, 0) is 6.61 Å². The second-order valence-electron chi connectivity index (χ2n) is 5.15. The van der Waals surface area contributed by atoms with Gasteiger partial charge in [0, 0.05) is 0 Å². The normalized spacial score (nSPS) is 11.6. The van der Waals surface area contributed by atoms with Crippen LogP contribution in [0.3, 0.4) is 0 Å². The van der Waals surface area contributed by atoms with Gasteiger partial charge >= 0.3 is 0 Å². The second kappa shape index (κ2) is 9.01. The number of nitrogens with zero attached hydrogens (tertiary/aromatic N) is 4. The number of ether oxygens (including phenoxy) is 1. The highest BCUT2D eigenvalue weighted by Crippen LogP contribution is 2.25. The van der Waals surface area contributed by atoms with E-state index >= 15 is 0 Å². The van der Waals surface area contributed by atoms with Crippen LogP contribution in [0.1, 0.15) is 30.7 Å². The number of hydrogen-bond donors (Lipinski definition) is 0. The first-order chi connectivity index (χ1) is 13.1. The van der Waals surface area contributed by atoms with Gasteiger partial charge in [-0.1, -0.05) is 42.4 Å². The SMILES string of the molecule is CCSc1nnc(C(F)F)n1/N=C\c1ccc(COc2ccccc2Cl)o1. The molecule has 0 N–H and O–H groups in total. The summed E-state index contributed by atoms with van der Waals surface area (Å²) in [4.78, 5) is 0. The lowest BCUT2D eigenvalue weighted by Crippen LogP contribution is -2.00. The number of benzene rings is 1. The fourth-order valence-electron chi connectivity index (χ4n) is 2.11. The lowest BCUT2D eigenvalue weighted by atomic mass is 10.3. The molecule has 0 saturated carbocycles. The number of hydrogen-bond acceptors (Lipinski definition) is 6. The Morgan fingerprint density at radius 1 is 1.30 bits per heavy atom. The summed E-state index contributed by atoms with van der Waals surface area (Å²) in [6, 6.07) is 10.5. The summed E-state index contributed by atoms with van der Waals surface area (Å²) < 4.78 is 38.3. The Labute approximate surface area is 163 Å². The maximum absolute atomic E-state index is 13.0. The molecule has 0 aliphatic heterocycles. The highest BCUT2D eigenvalue weighted by Gasteiger charge is 2.20.